The lowest BCUT2D eigenvalue weighted by atomic mass is 10.2. The summed E-state index contributed by atoms with van der Waals surface area (Å²) in [6.45, 7) is 5.49. The number of rotatable bonds is 6. The molecule has 1 atom stereocenters. The number of carbonyl (C=O) groups is 1. The van der Waals surface area contributed by atoms with E-state index in [4.69, 9.17) is 4.74 Å². The van der Waals surface area contributed by atoms with Gasteiger partial charge in [0.05, 0.1) is 28.3 Å². The molecule has 0 unspecified atom stereocenters. The highest BCUT2D eigenvalue weighted by Gasteiger charge is 2.17. The zero-order valence-corrected chi connectivity index (χ0v) is 16.2. The molecule has 1 aromatic carbocycles. The molecule has 24 heavy (non-hydrogen) atoms. The van der Waals surface area contributed by atoms with Crippen LogP contribution in [0.3, 0.4) is 0 Å². The molecule has 1 aromatic heterocycles. The van der Waals surface area contributed by atoms with E-state index in [-0.39, 0.29) is 10.7 Å². The van der Waals surface area contributed by atoms with Crippen molar-refractivity contribution < 1.29 is 9.53 Å². The van der Waals surface area contributed by atoms with E-state index in [1.807, 2.05) is 6.07 Å². The minimum atomic E-state index is -0.159. The highest BCUT2D eigenvalue weighted by Crippen LogP contribution is 2.30. The van der Waals surface area contributed by atoms with Gasteiger partial charge in [-0.15, -0.1) is 0 Å². The molecule has 0 spiro atoms. The second-order valence-electron chi connectivity index (χ2n) is 5.87. The summed E-state index contributed by atoms with van der Waals surface area (Å²) >= 11 is 4.98. The van der Waals surface area contributed by atoms with E-state index in [1.54, 1.807) is 0 Å². The van der Waals surface area contributed by atoms with Crippen molar-refractivity contribution in [2.75, 3.05) is 36.5 Å². The van der Waals surface area contributed by atoms with Crippen LogP contribution in [0.15, 0.2) is 18.2 Å². The highest BCUT2D eigenvalue weighted by molar-refractivity contribution is 9.10. The molecule has 130 valence electrons. The number of amides is 1. The van der Waals surface area contributed by atoms with E-state index < -0.39 is 0 Å². The molecular weight excluding hydrogens is 390 g/mol. The lowest BCUT2D eigenvalue weighted by molar-refractivity contribution is -0.115. The Kier molecular flexibility index (Phi) is 6.08. The largest absolute Gasteiger partial charge is 0.378 e. The summed E-state index contributed by atoms with van der Waals surface area (Å²) in [6.07, 6.45) is 2.96. The Morgan fingerprint density at radius 2 is 2.25 bits per heavy atom. The van der Waals surface area contributed by atoms with E-state index >= 15 is 0 Å². The van der Waals surface area contributed by atoms with Gasteiger partial charge < -0.3 is 15.0 Å². The van der Waals surface area contributed by atoms with Gasteiger partial charge in [0, 0.05) is 18.8 Å². The predicted molar refractivity (Wildman–Crippen MR) is 104 cm³/mol. The Labute approximate surface area is 154 Å². The first-order chi connectivity index (χ1) is 11.7. The van der Waals surface area contributed by atoms with Crippen LogP contribution in [0.2, 0.25) is 0 Å². The molecule has 5 nitrogen and oxygen atoms in total. The van der Waals surface area contributed by atoms with Crippen LogP contribution in [-0.2, 0) is 9.53 Å². The Balaban J connectivity index is 1.70. The number of ether oxygens (including phenoxy) is 1. The van der Waals surface area contributed by atoms with Gasteiger partial charge in [-0.2, -0.15) is 0 Å². The minimum Gasteiger partial charge on any atom is -0.378 e. The molecule has 3 rings (SSSR count). The fourth-order valence-electron chi connectivity index (χ4n) is 2.68. The van der Waals surface area contributed by atoms with Gasteiger partial charge in [-0.25, -0.2) is 4.98 Å². The van der Waals surface area contributed by atoms with Gasteiger partial charge in [0.15, 0.2) is 5.13 Å². The van der Waals surface area contributed by atoms with Crippen LogP contribution >= 0.6 is 27.3 Å². The molecule has 0 bridgehead atoms. The Morgan fingerprint density at radius 3 is 3.00 bits per heavy atom. The van der Waals surface area contributed by atoms with Crippen LogP contribution in [0.5, 0.6) is 0 Å². The molecule has 0 saturated carbocycles. The fourth-order valence-corrected chi connectivity index (χ4v) is 4.02. The van der Waals surface area contributed by atoms with Crippen LogP contribution in [-0.4, -0.2) is 42.0 Å². The average molecular weight is 412 g/mol. The second kappa shape index (κ2) is 8.27. The van der Waals surface area contributed by atoms with Crippen molar-refractivity contribution >= 4 is 54.2 Å². The molecule has 0 radical (unpaired) electrons. The molecule has 1 amide bonds. The lowest BCUT2D eigenvalue weighted by Gasteiger charge is -2.28. The molecule has 2 heterocycles. The van der Waals surface area contributed by atoms with Gasteiger partial charge in [0.2, 0.25) is 5.91 Å². The molecule has 0 aliphatic carbocycles. The van der Waals surface area contributed by atoms with Crippen molar-refractivity contribution in [1.29, 1.82) is 0 Å². The molecule has 1 N–H and O–H groups in total. The van der Waals surface area contributed by atoms with Gasteiger partial charge in [0.1, 0.15) is 0 Å². The van der Waals surface area contributed by atoms with Crippen molar-refractivity contribution in [3.8, 4) is 0 Å². The minimum absolute atomic E-state index is 0.0177. The first kappa shape index (κ1) is 17.6. The number of fused-ring (bicyclic) bond motifs is 1. The summed E-state index contributed by atoms with van der Waals surface area (Å²) in [6, 6.07) is 6.26. The number of hydrogen-bond donors (Lipinski definition) is 1. The van der Waals surface area contributed by atoms with Gasteiger partial charge in [-0.3, -0.25) is 4.79 Å². The number of nitrogens with zero attached hydrogens (tertiary/aromatic N) is 2. The van der Waals surface area contributed by atoms with Crippen molar-refractivity contribution in [3.63, 3.8) is 0 Å². The van der Waals surface area contributed by atoms with Crippen LogP contribution in [0, 0.1) is 0 Å². The number of nitrogens with one attached hydrogen (secondary N) is 1. The molecule has 2 aromatic rings. The first-order valence-corrected chi connectivity index (χ1v) is 10.1. The number of aromatic nitrogens is 1. The molecule has 1 saturated heterocycles. The van der Waals surface area contributed by atoms with Crippen LogP contribution in [0.25, 0.3) is 10.2 Å². The predicted octanol–water partition coefficient (Wildman–Crippen LogP) is 4.03. The number of thiazole rings is 1. The normalized spacial score (nSPS) is 16.3. The maximum atomic E-state index is 12.2. The maximum absolute atomic E-state index is 12.2. The molecule has 1 aliphatic rings. The van der Waals surface area contributed by atoms with E-state index in [2.05, 4.69) is 50.2 Å². The third-order valence-corrected chi connectivity index (χ3v) is 5.88. The van der Waals surface area contributed by atoms with Crippen LogP contribution < -0.4 is 10.2 Å². The van der Waals surface area contributed by atoms with Gasteiger partial charge in [-0.05, 0) is 24.6 Å². The van der Waals surface area contributed by atoms with Gasteiger partial charge in [0.25, 0.3) is 0 Å². The standard InChI is InChI=1S/C17H22BrN3O2S/c1-2-3-4-13(18)16(22)20-17-19-14-6-5-12(11-15(14)24-17)21-7-9-23-10-8-21/h5-6,11,13H,2-4,7-10H2,1H3,(H,19,20,22)/t13-/m1/s1. The highest BCUT2D eigenvalue weighted by atomic mass is 79.9. The number of hydrogen-bond acceptors (Lipinski definition) is 5. The lowest BCUT2D eigenvalue weighted by Crippen LogP contribution is -2.36. The van der Waals surface area contributed by atoms with Gasteiger partial charge >= 0.3 is 0 Å². The second-order valence-corrected chi connectivity index (χ2v) is 8.01. The number of unbranched alkanes of at least 4 members (excludes halogenated alkanes) is 1. The van der Waals surface area contributed by atoms with Crippen LogP contribution in [0.4, 0.5) is 10.8 Å². The third kappa shape index (κ3) is 4.26. The van der Waals surface area contributed by atoms with Crippen molar-refractivity contribution in [3.05, 3.63) is 18.2 Å². The number of alkyl halides is 1. The van der Waals surface area contributed by atoms with Crippen molar-refractivity contribution in [1.82, 2.24) is 4.98 Å². The monoisotopic (exact) mass is 411 g/mol. The summed E-state index contributed by atoms with van der Waals surface area (Å²) in [5.74, 6) is -0.0177. The van der Waals surface area contributed by atoms with E-state index in [0.717, 1.165) is 55.8 Å². The average Bonchev–Trinajstić information content (AvgIpc) is 3.01. The van der Waals surface area contributed by atoms with E-state index in [9.17, 15) is 4.79 Å². The van der Waals surface area contributed by atoms with Crippen LogP contribution in [0.1, 0.15) is 26.2 Å². The fraction of sp³-hybridized carbons (Fsp3) is 0.529. The van der Waals surface area contributed by atoms with Gasteiger partial charge in [-0.1, -0.05) is 47.0 Å². The summed E-state index contributed by atoms with van der Waals surface area (Å²) < 4.78 is 6.50. The Hall–Kier alpha value is -1.18. The number of anilines is 2. The topological polar surface area (TPSA) is 54.5 Å². The molecule has 1 fully saturated rings. The van der Waals surface area contributed by atoms with E-state index in [1.165, 1.54) is 17.0 Å². The summed E-state index contributed by atoms with van der Waals surface area (Å²) in [5.41, 5.74) is 2.11. The summed E-state index contributed by atoms with van der Waals surface area (Å²) in [5, 5.41) is 3.59. The quantitative estimate of drug-likeness (QED) is 0.729. The zero-order chi connectivity index (χ0) is 16.9. The Bertz CT molecular complexity index is 700. The molecule has 1 aliphatic heterocycles. The third-order valence-electron chi connectivity index (χ3n) is 4.07. The summed E-state index contributed by atoms with van der Waals surface area (Å²) in [4.78, 5) is 18.9. The number of carbonyl (C=O) groups excluding carboxylic acids is 1. The maximum Gasteiger partial charge on any atom is 0.239 e. The van der Waals surface area contributed by atoms with E-state index in [0.29, 0.717) is 5.13 Å². The SMILES string of the molecule is CCCC[C@@H](Br)C(=O)Nc1nc2ccc(N3CCOCC3)cc2s1. The van der Waals surface area contributed by atoms with Crippen molar-refractivity contribution in [2.45, 2.75) is 31.0 Å². The zero-order valence-electron chi connectivity index (χ0n) is 13.8. The molecule has 7 heteroatoms. The smallest absolute Gasteiger partial charge is 0.239 e. The van der Waals surface area contributed by atoms with Crippen molar-refractivity contribution in [2.24, 2.45) is 0 Å². The number of benzene rings is 1. The number of morpholine rings is 1. The Morgan fingerprint density at radius 1 is 1.46 bits per heavy atom. The number of halogens is 1. The summed E-state index contributed by atoms with van der Waals surface area (Å²) in [7, 11) is 0. The molecular formula is C17H22BrN3O2S. The first-order valence-electron chi connectivity index (χ1n) is 8.35.